The van der Waals surface area contributed by atoms with Gasteiger partial charge in [-0.3, -0.25) is 0 Å². The molecule has 2 unspecified atom stereocenters. The lowest BCUT2D eigenvalue weighted by atomic mass is 9.85. The summed E-state index contributed by atoms with van der Waals surface area (Å²) in [5, 5.41) is 0. The molecule has 3 aliphatic rings. The van der Waals surface area contributed by atoms with E-state index in [1.807, 2.05) is 60.7 Å². The summed E-state index contributed by atoms with van der Waals surface area (Å²) in [6, 6.07) is 19.7. The summed E-state index contributed by atoms with van der Waals surface area (Å²) < 4.78 is 19.4. The molecule has 0 aliphatic carbocycles. The summed E-state index contributed by atoms with van der Waals surface area (Å²) in [4.78, 5) is 27.7. The fraction of sp³-hybridized carbons (Fsp3) is 0.641. The van der Waals surface area contributed by atoms with Crippen LogP contribution in [0.4, 0.5) is 4.79 Å². The normalized spacial score (nSPS) is 21.5. The second kappa shape index (κ2) is 18.1. The van der Waals surface area contributed by atoms with Crippen molar-refractivity contribution >= 4 is 12.1 Å². The van der Waals surface area contributed by atoms with Crippen LogP contribution >= 0.6 is 0 Å². The highest BCUT2D eigenvalue weighted by molar-refractivity contribution is 5.88. The van der Waals surface area contributed by atoms with Crippen LogP contribution in [0.1, 0.15) is 127 Å². The molecule has 0 amide bonds. The van der Waals surface area contributed by atoms with Crippen molar-refractivity contribution < 1.29 is 40.7 Å². The maximum Gasteiger partial charge on any atom is 0.510 e. The standard InChI is InChI=1S/C39H56NO5.ClH/c1-2-3-4-5-6-7-8-9-10-11-20-29-43-38(42)45-39(32-21-14-12-15-22-32,33-23-16-13-17-24-33)37(41)44-36-30-34-25-26-35(31-36)40(34)27-18-19-28-40;/h12-17,21-24,34-36H,2-11,18-20,25-31H2,1H3;1H/q+1;/p-1. The summed E-state index contributed by atoms with van der Waals surface area (Å²) in [6.45, 7) is 5.06. The molecule has 2 aromatic rings. The molecule has 5 rings (SSSR count). The Kier molecular flexibility index (Phi) is 14.3. The number of benzene rings is 2. The minimum atomic E-state index is -1.74. The third kappa shape index (κ3) is 8.66. The first-order valence-corrected chi connectivity index (χ1v) is 18.1. The number of quaternary nitrogens is 1. The molecule has 3 heterocycles. The molecule has 3 fully saturated rings. The van der Waals surface area contributed by atoms with E-state index < -0.39 is 17.7 Å². The van der Waals surface area contributed by atoms with Gasteiger partial charge in [0, 0.05) is 49.7 Å². The molecule has 7 heteroatoms. The number of hydrogen-bond acceptors (Lipinski definition) is 5. The van der Waals surface area contributed by atoms with Crippen molar-refractivity contribution in [3.8, 4) is 0 Å². The van der Waals surface area contributed by atoms with Crippen molar-refractivity contribution in [1.29, 1.82) is 0 Å². The molecule has 0 radical (unpaired) electrons. The Labute approximate surface area is 283 Å². The van der Waals surface area contributed by atoms with E-state index in [-0.39, 0.29) is 25.1 Å². The number of hydrogen-bond donors (Lipinski definition) is 0. The van der Waals surface area contributed by atoms with Gasteiger partial charge in [-0.05, 0) is 6.42 Å². The Hall–Kier alpha value is -2.57. The minimum absolute atomic E-state index is 0. The van der Waals surface area contributed by atoms with Gasteiger partial charge >= 0.3 is 12.1 Å². The monoisotopic (exact) mass is 653 g/mol. The molecule has 254 valence electrons. The molecular formula is C39H56ClNO5. The summed E-state index contributed by atoms with van der Waals surface area (Å²) in [5.41, 5.74) is -0.614. The SMILES string of the molecule is CCCCCCCCCCCCCOC(=O)OC(C(=O)OC1CC2CCC(C1)[N+]21CCCC1)(c1ccccc1)c1ccccc1.[Cl-]. The van der Waals surface area contributed by atoms with Gasteiger partial charge in [0.05, 0.1) is 31.8 Å². The van der Waals surface area contributed by atoms with Crippen molar-refractivity contribution in [3.63, 3.8) is 0 Å². The Morgan fingerprint density at radius 1 is 0.717 bits per heavy atom. The average molecular weight is 654 g/mol. The molecule has 2 atom stereocenters. The van der Waals surface area contributed by atoms with Crippen molar-refractivity contribution in [2.45, 2.75) is 140 Å². The lowest BCUT2D eigenvalue weighted by Gasteiger charge is -2.47. The molecule has 1 spiro atoms. The van der Waals surface area contributed by atoms with Gasteiger partial charge in [-0.25, -0.2) is 9.59 Å². The number of ether oxygens (including phenoxy) is 3. The van der Waals surface area contributed by atoms with Crippen molar-refractivity contribution in [2.75, 3.05) is 19.7 Å². The quantitative estimate of drug-likeness (QED) is 0.115. The lowest BCUT2D eigenvalue weighted by Crippen LogP contribution is -3.00. The van der Waals surface area contributed by atoms with E-state index in [1.165, 1.54) is 94.6 Å². The highest BCUT2D eigenvalue weighted by Crippen LogP contribution is 2.47. The van der Waals surface area contributed by atoms with Gasteiger partial charge in [-0.15, -0.1) is 0 Å². The maximum atomic E-state index is 14.4. The van der Waals surface area contributed by atoms with Crippen molar-refractivity contribution in [3.05, 3.63) is 71.8 Å². The zero-order valence-corrected chi connectivity index (χ0v) is 28.8. The number of carbonyl (C=O) groups excluding carboxylic acids is 2. The van der Waals surface area contributed by atoms with Crippen LogP contribution in [-0.2, 0) is 24.6 Å². The molecule has 6 nitrogen and oxygen atoms in total. The van der Waals surface area contributed by atoms with Crippen LogP contribution in [0.3, 0.4) is 0 Å². The predicted octanol–water partition coefficient (Wildman–Crippen LogP) is 6.25. The van der Waals surface area contributed by atoms with Gasteiger partial charge in [0.15, 0.2) is 0 Å². The number of rotatable bonds is 17. The highest BCUT2D eigenvalue weighted by atomic mass is 35.5. The molecule has 2 bridgehead atoms. The number of halogens is 1. The van der Waals surface area contributed by atoms with E-state index in [0.717, 1.165) is 32.1 Å². The number of unbranched alkanes of at least 4 members (excludes halogenated alkanes) is 10. The second-order valence-corrected chi connectivity index (χ2v) is 13.8. The predicted molar refractivity (Wildman–Crippen MR) is 178 cm³/mol. The van der Waals surface area contributed by atoms with E-state index in [1.54, 1.807) is 0 Å². The van der Waals surface area contributed by atoms with Gasteiger partial charge in [-0.1, -0.05) is 132 Å². The maximum absolute atomic E-state index is 14.4. The smallest absolute Gasteiger partial charge is 0.510 e. The fourth-order valence-electron chi connectivity index (χ4n) is 8.52. The van der Waals surface area contributed by atoms with E-state index in [9.17, 15) is 9.59 Å². The summed E-state index contributed by atoms with van der Waals surface area (Å²) in [6.07, 6.45) is 19.2. The van der Waals surface area contributed by atoms with Gasteiger partial charge in [0.25, 0.3) is 5.60 Å². The van der Waals surface area contributed by atoms with Gasteiger partial charge in [0.2, 0.25) is 0 Å². The van der Waals surface area contributed by atoms with Crippen LogP contribution in [0.15, 0.2) is 60.7 Å². The Balaban J connectivity index is 0.00000480. The van der Waals surface area contributed by atoms with Crippen LogP contribution in [0, 0.1) is 0 Å². The molecular weight excluding hydrogens is 598 g/mol. The molecule has 0 saturated carbocycles. The van der Waals surface area contributed by atoms with Crippen LogP contribution in [-0.4, -0.2) is 54.5 Å². The first kappa shape index (κ1) is 36.3. The van der Waals surface area contributed by atoms with E-state index >= 15 is 0 Å². The Bertz CT molecular complexity index is 1130. The van der Waals surface area contributed by atoms with Crippen LogP contribution in [0.5, 0.6) is 0 Å². The summed E-state index contributed by atoms with van der Waals surface area (Å²) in [7, 11) is 0. The average Bonchev–Trinajstić information content (AvgIpc) is 3.61. The topological polar surface area (TPSA) is 61.8 Å². The Morgan fingerprint density at radius 2 is 1.20 bits per heavy atom. The van der Waals surface area contributed by atoms with Gasteiger partial charge < -0.3 is 31.1 Å². The summed E-state index contributed by atoms with van der Waals surface area (Å²) >= 11 is 0. The zero-order valence-electron chi connectivity index (χ0n) is 28.0. The molecule has 0 aromatic heterocycles. The van der Waals surface area contributed by atoms with Crippen LogP contribution in [0.25, 0.3) is 0 Å². The van der Waals surface area contributed by atoms with Gasteiger partial charge in [0.1, 0.15) is 6.10 Å². The first-order valence-electron chi connectivity index (χ1n) is 18.1. The number of piperidine rings is 1. The van der Waals surface area contributed by atoms with E-state index in [0.29, 0.717) is 23.2 Å². The number of carbonyl (C=O) groups is 2. The number of esters is 1. The van der Waals surface area contributed by atoms with Crippen LogP contribution < -0.4 is 12.4 Å². The van der Waals surface area contributed by atoms with Crippen molar-refractivity contribution in [2.24, 2.45) is 0 Å². The molecule has 46 heavy (non-hydrogen) atoms. The summed E-state index contributed by atoms with van der Waals surface area (Å²) in [5.74, 6) is -0.536. The van der Waals surface area contributed by atoms with Crippen LogP contribution in [0.2, 0.25) is 0 Å². The third-order valence-electron chi connectivity index (χ3n) is 10.9. The molecule has 3 saturated heterocycles. The lowest BCUT2D eigenvalue weighted by molar-refractivity contribution is -0.956. The minimum Gasteiger partial charge on any atom is -1.00 e. The second-order valence-electron chi connectivity index (χ2n) is 13.8. The Morgan fingerprint density at radius 3 is 1.70 bits per heavy atom. The molecule has 0 N–H and O–H groups in total. The first-order chi connectivity index (χ1) is 22.1. The van der Waals surface area contributed by atoms with E-state index in [2.05, 4.69) is 6.92 Å². The number of nitrogens with zero attached hydrogens (tertiary/aromatic N) is 1. The van der Waals surface area contributed by atoms with E-state index in [4.69, 9.17) is 14.2 Å². The van der Waals surface area contributed by atoms with Crippen molar-refractivity contribution in [1.82, 2.24) is 0 Å². The largest absolute Gasteiger partial charge is 1.00 e. The fourth-order valence-corrected chi connectivity index (χ4v) is 8.52. The van der Waals surface area contributed by atoms with Gasteiger partial charge in [-0.2, -0.15) is 0 Å². The molecule has 3 aliphatic heterocycles. The third-order valence-corrected chi connectivity index (χ3v) is 10.9. The zero-order chi connectivity index (χ0) is 31.4. The molecule has 2 aromatic carbocycles. The highest BCUT2D eigenvalue weighted by Gasteiger charge is 2.57.